The summed E-state index contributed by atoms with van der Waals surface area (Å²) in [5.41, 5.74) is 1.30. The zero-order valence-electron chi connectivity index (χ0n) is 10.9. The summed E-state index contributed by atoms with van der Waals surface area (Å²) >= 11 is 1.72. The summed E-state index contributed by atoms with van der Waals surface area (Å²) in [6, 6.07) is 10.8. The number of thioether (sulfide) groups is 1. The van der Waals surface area contributed by atoms with Crippen LogP contribution in [0.15, 0.2) is 35.5 Å². The van der Waals surface area contributed by atoms with Crippen LogP contribution in [0.5, 0.6) is 0 Å². The quantitative estimate of drug-likeness (QED) is 0.839. The van der Waals surface area contributed by atoms with E-state index < -0.39 is 0 Å². The monoisotopic (exact) mass is 262 g/mol. The molecule has 2 rings (SSSR count). The van der Waals surface area contributed by atoms with Gasteiger partial charge in [-0.2, -0.15) is 0 Å². The average Bonchev–Trinajstić information content (AvgIpc) is 2.72. The van der Waals surface area contributed by atoms with Crippen molar-refractivity contribution in [2.24, 2.45) is 7.05 Å². The third kappa shape index (κ3) is 2.91. The van der Waals surface area contributed by atoms with Crippen LogP contribution < -0.4 is 5.32 Å². The van der Waals surface area contributed by atoms with Gasteiger partial charge in [0.2, 0.25) is 0 Å². The fraction of sp³-hybridized carbons (Fsp3) is 0.385. The Morgan fingerprint density at radius 3 is 2.56 bits per heavy atom. The molecule has 2 aromatic rings. The summed E-state index contributed by atoms with van der Waals surface area (Å²) in [6.45, 7) is 1.96. The second-order valence-corrected chi connectivity index (χ2v) is 5.14. The van der Waals surface area contributed by atoms with Crippen molar-refractivity contribution in [1.82, 2.24) is 20.1 Å². The molecule has 0 spiro atoms. The van der Waals surface area contributed by atoms with E-state index in [1.807, 2.05) is 31.7 Å². The van der Waals surface area contributed by atoms with Crippen LogP contribution in [0.25, 0.3) is 0 Å². The van der Waals surface area contributed by atoms with Crippen LogP contribution in [-0.4, -0.2) is 27.6 Å². The summed E-state index contributed by atoms with van der Waals surface area (Å²) in [5.74, 6) is 1.88. The predicted molar refractivity (Wildman–Crippen MR) is 74.7 cm³/mol. The predicted octanol–water partition coefficient (Wildman–Crippen LogP) is 2.18. The summed E-state index contributed by atoms with van der Waals surface area (Å²) in [5, 5.41) is 12.5. The minimum absolute atomic E-state index is 0.327. The lowest BCUT2D eigenvalue weighted by Crippen LogP contribution is -2.18. The van der Waals surface area contributed by atoms with Crippen LogP contribution in [0.1, 0.15) is 17.4 Å². The molecule has 1 aromatic carbocycles. The fourth-order valence-corrected chi connectivity index (χ4v) is 2.80. The van der Waals surface area contributed by atoms with Crippen LogP contribution in [0.3, 0.4) is 0 Å². The standard InChI is InChI=1S/C13H18N4S/c1-10-15-16-13(17(10)3)18-9-12(14-2)11-7-5-4-6-8-11/h4-8,12,14H,9H2,1-3H3. The van der Waals surface area contributed by atoms with Crippen LogP contribution in [0.2, 0.25) is 0 Å². The maximum atomic E-state index is 4.16. The van der Waals surface area contributed by atoms with E-state index >= 15 is 0 Å². The van der Waals surface area contributed by atoms with Crippen molar-refractivity contribution in [3.8, 4) is 0 Å². The SMILES string of the molecule is CNC(CSc1nnc(C)n1C)c1ccccc1. The second-order valence-electron chi connectivity index (χ2n) is 4.15. The van der Waals surface area contributed by atoms with Gasteiger partial charge in [0.25, 0.3) is 0 Å². The molecule has 0 aliphatic carbocycles. The zero-order valence-corrected chi connectivity index (χ0v) is 11.7. The first-order valence-corrected chi connectivity index (χ1v) is 6.92. The van der Waals surface area contributed by atoms with Gasteiger partial charge in [-0.3, -0.25) is 0 Å². The van der Waals surface area contributed by atoms with Crippen molar-refractivity contribution < 1.29 is 0 Å². The number of benzene rings is 1. The van der Waals surface area contributed by atoms with Crippen LogP contribution in [0.4, 0.5) is 0 Å². The van der Waals surface area contributed by atoms with E-state index in [1.165, 1.54) is 5.56 Å². The van der Waals surface area contributed by atoms with Gasteiger partial charge in [0.05, 0.1) is 0 Å². The minimum Gasteiger partial charge on any atom is -0.312 e. The molecule has 18 heavy (non-hydrogen) atoms. The average molecular weight is 262 g/mol. The maximum Gasteiger partial charge on any atom is 0.191 e. The van der Waals surface area contributed by atoms with E-state index in [-0.39, 0.29) is 0 Å². The van der Waals surface area contributed by atoms with E-state index in [1.54, 1.807) is 11.8 Å². The highest BCUT2D eigenvalue weighted by molar-refractivity contribution is 7.99. The largest absolute Gasteiger partial charge is 0.312 e. The molecule has 1 aromatic heterocycles. The maximum absolute atomic E-state index is 4.16. The number of hydrogen-bond acceptors (Lipinski definition) is 4. The van der Waals surface area contributed by atoms with Gasteiger partial charge in [0.1, 0.15) is 5.82 Å². The fourth-order valence-electron chi connectivity index (χ4n) is 1.70. The van der Waals surface area contributed by atoms with Gasteiger partial charge in [-0.25, -0.2) is 0 Å². The summed E-state index contributed by atoms with van der Waals surface area (Å²) in [7, 11) is 3.98. The number of aromatic nitrogens is 3. The lowest BCUT2D eigenvalue weighted by atomic mass is 10.1. The van der Waals surface area contributed by atoms with Crippen molar-refractivity contribution in [3.63, 3.8) is 0 Å². The molecule has 5 heteroatoms. The third-order valence-electron chi connectivity index (χ3n) is 2.98. The van der Waals surface area contributed by atoms with Gasteiger partial charge < -0.3 is 9.88 Å². The Morgan fingerprint density at radius 2 is 2.00 bits per heavy atom. The molecule has 96 valence electrons. The van der Waals surface area contributed by atoms with E-state index in [2.05, 4.69) is 39.8 Å². The number of nitrogens with one attached hydrogen (secondary N) is 1. The number of nitrogens with zero attached hydrogens (tertiary/aromatic N) is 3. The first-order valence-electron chi connectivity index (χ1n) is 5.93. The van der Waals surface area contributed by atoms with Crippen LogP contribution in [0, 0.1) is 6.92 Å². The third-order valence-corrected chi connectivity index (χ3v) is 4.10. The molecule has 0 radical (unpaired) electrons. The highest BCUT2D eigenvalue weighted by atomic mass is 32.2. The van der Waals surface area contributed by atoms with Crippen molar-refractivity contribution in [2.75, 3.05) is 12.8 Å². The molecule has 0 saturated carbocycles. The Hall–Kier alpha value is -1.33. The summed E-state index contributed by atoms with van der Waals surface area (Å²) in [4.78, 5) is 0. The lowest BCUT2D eigenvalue weighted by molar-refractivity contribution is 0.659. The van der Waals surface area contributed by atoms with E-state index in [9.17, 15) is 0 Å². The molecule has 1 atom stereocenters. The van der Waals surface area contributed by atoms with Gasteiger partial charge in [-0.05, 0) is 19.5 Å². The zero-order chi connectivity index (χ0) is 13.0. The highest BCUT2D eigenvalue weighted by Crippen LogP contribution is 2.23. The number of aryl methyl sites for hydroxylation is 1. The van der Waals surface area contributed by atoms with Gasteiger partial charge in [0.15, 0.2) is 5.16 Å². The van der Waals surface area contributed by atoms with E-state index in [4.69, 9.17) is 0 Å². The summed E-state index contributed by atoms with van der Waals surface area (Å²) < 4.78 is 2.02. The molecule has 0 fully saturated rings. The normalized spacial score (nSPS) is 12.6. The highest BCUT2D eigenvalue weighted by Gasteiger charge is 2.12. The van der Waals surface area contributed by atoms with Crippen molar-refractivity contribution in [2.45, 2.75) is 18.1 Å². The van der Waals surface area contributed by atoms with Crippen molar-refractivity contribution in [3.05, 3.63) is 41.7 Å². The molecule has 0 bridgehead atoms. The lowest BCUT2D eigenvalue weighted by Gasteiger charge is -2.15. The minimum atomic E-state index is 0.327. The summed E-state index contributed by atoms with van der Waals surface area (Å²) in [6.07, 6.45) is 0. The Bertz CT molecular complexity index is 495. The molecule has 0 amide bonds. The number of hydrogen-bond donors (Lipinski definition) is 1. The van der Waals surface area contributed by atoms with Gasteiger partial charge in [-0.1, -0.05) is 42.1 Å². The molecule has 0 saturated heterocycles. The van der Waals surface area contributed by atoms with Crippen molar-refractivity contribution in [1.29, 1.82) is 0 Å². The molecular formula is C13H18N4S. The molecule has 0 aliphatic rings. The Balaban J connectivity index is 2.02. The van der Waals surface area contributed by atoms with E-state index in [0.717, 1.165) is 16.7 Å². The van der Waals surface area contributed by atoms with Crippen LogP contribution in [-0.2, 0) is 7.05 Å². The Kier molecular flexibility index (Phi) is 4.38. The molecule has 1 N–H and O–H groups in total. The van der Waals surface area contributed by atoms with Crippen molar-refractivity contribution >= 4 is 11.8 Å². The molecule has 1 unspecified atom stereocenters. The van der Waals surface area contributed by atoms with Gasteiger partial charge in [-0.15, -0.1) is 10.2 Å². The number of rotatable bonds is 5. The molecule has 4 nitrogen and oxygen atoms in total. The van der Waals surface area contributed by atoms with Crippen LogP contribution >= 0.6 is 11.8 Å². The topological polar surface area (TPSA) is 42.7 Å². The first kappa shape index (κ1) is 13.1. The molecular weight excluding hydrogens is 244 g/mol. The second kappa shape index (κ2) is 6.02. The Morgan fingerprint density at radius 1 is 1.28 bits per heavy atom. The van der Waals surface area contributed by atoms with Gasteiger partial charge >= 0.3 is 0 Å². The Labute approximate surface area is 112 Å². The molecule has 0 aliphatic heterocycles. The smallest absolute Gasteiger partial charge is 0.191 e. The van der Waals surface area contributed by atoms with E-state index in [0.29, 0.717) is 6.04 Å². The first-order chi connectivity index (χ1) is 8.72. The van der Waals surface area contributed by atoms with Gasteiger partial charge in [0, 0.05) is 18.8 Å². The molecule has 1 heterocycles.